The summed E-state index contributed by atoms with van der Waals surface area (Å²) in [6.07, 6.45) is 0. The Morgan fingerprint density at radius 2 is 1.79 bits per heavy atom. The Kier molecular flexibility index (Phi) is 6.10. The van der Waals surface area contributed by atoms with Crippen molar-refractivity contribution in [2.24, 2.45) is 0 Å². The van der Waals surface area contributed by atoms with Gasteiger partial charge in [0, 0.05) is 35.4 Å². The molecular weight excluding hydrogens is 374 g/mol. The topological polar surface area (TPSA) is 79.4 Å². The van der Waals surface area contributed by atoms with Crippen LogP contribution in [0.1, 0.15) is 26.3 Å². The number of thiol groups is 1. The molecular formula is C20H27N5O2S. The second kappa shape index (κ2) is 8.36. The molecule has 0 radical (unpaired) electrons. The fourth-order valence-electron chi connectivity index (χ4n) is 2.91. The molecule has 1 fully saturated rings. The van der Waals surface area contributed by atoms with E-state index in [9.17, 15) is 4.79 Å². The summed E-state index contributed by atoms with van der Waals surface area (Å²) < 4.78 is 5.44. The minimum absolute atomic E-state index is 0.237. The summed E-state index contributed by atoms with van der Waals surface area (Å²) in [6, 6.07) is 7.24. The zero-order valence-corrected chi connectivity index (χ0v) is 17.6. The monoisotopic (exact) mass is 401 g/mol. The maximum absolute atomic E-state index is 12.0. The van der Waals surface area contributed by atoms with Gasteiger partial charge in [0.2, 0.25) is 0 Å². The number of ether oxygens (including phenoxy) is 1. The van der Waals surface area contributed by atoms with Crippen molar-refractivity contribution in [3.8, 4) is 11.4 Å². The molecule has 7 nitrogen and oxygen atoms in total. The highest BCUT2D eigenvalue weighted by Crippen LogP contribution is 2.27. The Balaban J connectivity index is 1.80. The van der Waals surface area contributed by atoms with E-state index in [1.54, 1.807) is 0 Å². The molecule has 0 unspecified atom stereocenters. The average Bonchev–Trinajstić information content (AvgIpc) is 2.63. The number of carbonyl (C=O) groups excluding carboxylic acids is 1. The maximum atomic E-state index is 12.0. The van der Waals surface area contributed by atoms with Crippen molar-refractivity contribution in [3.05, 3.63) is 29.8 Å². The Bertz CT molecular complexity index is 843. The van der Waals surface area contributed by atoms with E-state index in [0.29, 0.717) is 29.8 Å². The van der Waals surface area contributed by atoms with Crippen LogP contribution in [0.5, 0.6) is 0 Å². The summed E-state index contributed by atoms with van der Waals surface area (Å²) in [5.41, 5.74) is 2.24. The predicted octanol–water partition coefficient (Wildman–Crippen LogP) is 3.50. The van der Waals surface area contributed by atoms with E-state index in [0.717, 1.165) is 30.0 Å². The van der Waals surface area contributed by atoms with Gasteiger partial charge in [0.25, 0.3) is 0 Å². The second-order valence-corrected chi connectivity index (χ2v) is 8.25. The quantitative estimate of drug-likeness (QED) is 0.542. The van der Waals surface area contributed by atoms with Crippen molar-refractivity contribution in [1.82, 2.24) is 15.3 Å². The summed E-state index contributed by atoms with van der Waals surface area (Å²) in [6.45, 7) is 10.8. The molecule has 1 aliphatic heterocycles. The number of carbonyl (C=O) groups is 1. The summed E-state index contributed by atoms with van der Waals surface area (Å²) >= 11 is 4.54. The summed E-state index contributed by atoms with van der Waals surface area (Å²) in [7, 11) is 0. The van der Waals surface area contributed by atoms with Crippen molar-refractivity contribution in [2.45, 2.75) is 38.3 Å². The molecule has 28 heavy (non-hydrogen) atoms. The average molecular weight is 402 g/mol. The molecule has 2 heterocycles. The molecule has 150 valence electrons. The Hall–Kier alpha value is -2.32. The number of nitrogens with zero attached hydrogens (tertiary/aromatic N) is 3. The lowest BCUT2D eigenvalue weighted by Crippen LogP contribution is -2.43. The smallest absolute Gasteiger partial charge is 0.319 e. The van der Waals surface area contributed by atoms with Gasteiger partial charge in [-0.25, -0.2) is 14.8 Å². The molecule has 3 rings (SSSR count). The lowest BCUT2D eigenvalue weighted by molar-refractivity contribution is 0.122. The number of hydrogen-bond donors (Lipinski definition) is 3. The maximum Gasteiger partial charge on any atom is 0.319 e. The highest BCUT2D eigenvalue weighted by molar-refractivity contribution is 7.80. The lowest BCUT2D eigenvalue weighted by Gasteiger charge is -2.29. The molecule has 0 atom stereocenters. The number of benzene rings is 1. The molecule has 0 saturated carbocycles. The van der Waals surface area contributed by atoms with E-state index in [1.165, 1.54) is 0 Å². The molecule has 1 aromatic heterocycles. The number of amides is 2. The third-order valence-electron chi connectivity index (χ3n) is 4.29. The molecule has 0 bridgehead atoms. The zero-order chi connectivity index (χ0) is 20.3. The number of nitrogens with one attached hydrogen (secondary N) is 2. The van der Waals surface area contributed by atoms with Crippen LogP contribution >= 0.6 is 12.6 Å². The number of anilines is 2. The third-order valence-corrected chi connectivity index (χ3v) is 4.73. The molecule has 2 aromatic rings. The second-order valence-electron chi connectivity index (χ2n) is 7.83. The summed E-state index contributed by atoms with van der Waals surface area (Å²) in [5, 5.41) is 6.37. The normalized spacial score (nSPS) is 14.7. The van der Waals surface area contributed by atoms with Gasteiger partial charge >= 0.3 is 6.03 Å². The number of aromatic nitrogens is 2. The SMILES string of the molecule is Cc1c(S)nc(-c2ccc(NC(=O)NC(C)(C)C)cc2)nc1N1CCOCC1. The number of hydrogen-bond acceptors (Lipinski definition) is 6. The standard InChI is InChI=1S/C20H27N5O2S/c1-13-17(25-9-11-27-12-10-25)22-16(23-18(13)28)14-5-7-15(8-6-14)21-19(26)24-20(2,3)4/h5-8H,9-12H2,1-4H3,(H2,21,24,26)(H,22,23,28). The Morgan fingerprint density at radius 1 is 1.14 bits per heavy atom. The van der Waals surface area contributed by atoms with Gasteiger partial charge in [0.15, 0.2) is 5.82 Å². The highest BCUT2D eigenvalue weighted by Gasteiger charge is 2.19. The zero-order valence-electron chi connectivity index (χ0n) is 16.7. The van der Waals surface area contributed by atoms with Crippen molar-refractivity contribution >= 4 is 30.2 Å². The van der Waals surface area contributed by atoms with Crippen LogP contribution in [0.15, 0.2) is 29.3 Å². The highest BCUT2D eigenvalue weighted by atomic mass is 32.1. The number of urea groups is 1. The van der Waals surface area contributed by atoms with Crippen LogP contribution in [0.4, 0.5) is 16.3 Å². The van der Waals surface area contributed by atoms with E-state index in [-0.39, 0.29) is 11.6 Å². The first-order valence-electron chi connectivity index (χ1n) is 9.33. The van der Waals surface area contributed by atoms with Crippen LogP contribution in [-0.4, -0.2) is 47.8 Å². The van der Waals surface area contributed by atoms with Crippen molar-refractivity contribution < 1.29 is 9.53 Å². The molecule has 1 saturated heterocycles. The van der Waals surface area contributed by atoms with Gasteiger partial charge in [-0.2, -0.15) is 0 Å². The first-order chi connectivity index (χ1) is 13.2. The minimum Gasteiger partial charge on any atom is -0.378 e. The first-order valence-corrected chi connectivity index (χ1v) is 9.77. The Labute approximate surface area is 171 Å². The van der Waals surface area contributed by atoms with Crippen LogP contribution < -0.4 is 15.5 Å². The summed E-state index contributed by atoms with van der Waals surface area (Å²) in [5.74, 6) is 1.51. The van der Waals surface area contributed by atoms with E-state index in [2.05, 4.69) is 33.1 Å². The molecule has 1 aromatic carbocycles. The molecule has 8 heteroatoms. The van der Waals surface area contributed by atoms with Crippen molar-refractivity contribution in [3.63, 3.8) is 0 Å². The van der Waals surface area contributed by atoms with Gasteiger partial charge in [-0.15, -0.1) is 12.6 Å². The fourth-order valence-corrected chi connectivity index (χ4v) is 3.11. The molecule has 0 spiro atoms. The summed E-state index contributed by atoms with van der Waals surface area (Å²) in [4.78, 5) is 23.5. The van der Waals surface area contributed by atoms with Crippen LogP contribution in [0.3, 0.4) is 0 Å². The van der Waals surface area contributed by atoms with Gasteiger partial charge in [-0.1, -0.05) is 0 Å². The number of morpholine rings is 1. The van der Waals surface area contributed by atoms with Crippen LogP contribution in [0, 0.1) is 6.92 Å². The molecule has 2 amide bonds. The lowest BCUT2D eigenvalue weighted by atomic mass is 10.1. The van der Waals surface area contributed by atoms with Gasteiger partial charge in [-0.3, -0.25) is 0 Å². The third kappa shape index (κ3) is 5.14. The van der Waals surface area contributed by atoms with Gasteiger partial charge in [0.1, 0.15) is 10.8 Å². The van der Waals surface area contributed by atoms with Gasteiger partial charge in [-0.05, 0) is 52.0 Å². The van der Waals surface area contributed by atoms with Crippen LogP contribution in [0.25, 0.3) is 11.4 Å². The van der Waals surface area contributed by atoms with E-state index < -0.39 is 0 Å². The van der Waals surface area contributed by atoms with Gasteiger partial charge < -0.3 is 20.3 Å². The van der Waals surface area contributed by atoms with E-state index in [1.807, 2.05) is 52.0 Å². The largest absolute Gasteiger partial charge is 0.378 e. The van der Waals surface area contributed by atoms with Crippen LogP contribution in [-0.2, 0) is 4.74 Å². The van der Waals surface area contributed by atoms with E-state index >= 15 is 0 Å². The fraction of sp³-hybridized carbons (Fsp3) is 0.450. The van der Waals surface area contributed by atoms with Gasteiger partial charge in [0.05, 0.1) is 13.2 Å². The van der Waals surface area contributed by atoms with Crippen LogP contribution in [0.2, 0.25) is 0 Å². The number of rotatable bonds is 3. The van der Waals surface area contributed by atoms with Crippen molar-refractivity contribution in [2.75, 3.05) is 36.5 Å². The van der Waals surface area contributed by atoms with E-state index in [4.69, 9.17) is 9.72 Å². The predicted molar refractivity (Wildman–Crippen MR) is 114 cm³/mol. The molecule has 1 aliphatic rings. The van der Waals surface area contributed by atoms with Crippen molar-refractivity contribution in [1.29, 1.82) is 0 Å². The molecule has 2 N–H and O–H groups in total. The molecule has 0 aliphatic carbocycles. The Morgan fingerprint density at radius 3 is 2.39 bits per heavy atom. The first kappa shape index (κ1) is 20.4. The minimum atomic E-state index is -0.293.